The highest BCUT2D eigenvalue weighted by Gasteiger charge is 2.17. The van der Waals surface area contributed by atoms with Gasteiger partial charge in [-0.1, -0.05) is 12.8 Å². The second kappa shape index (κ2) is 8.08. The largest absolute Gasteiger partial charge is 0.396 e. The lowest BCUT2D eigenvalue weighted by Crippen LogP contribution is -2.37. The number of aliphatic hydroxyl groups is 1. The first kappa shape index (κ1) is 12.9. The van der Waals surface area contributed by atoms with E-state index in [1.165, 1.54) is 38.5 Å². The molecule has 0 heterocycles. The topological polar surface area (TPSA) is 58.3 Å². The van der Waals surface area contributed by atoms with Crippen molar-refractivity contribution in [2.24, 2.45) is 5.73 Å². The maximum Gasteiger partial charge on any atom is 0.0431 e. The van der Waals surface area contributed by atoms with E-state index in [1.54, 1.807) is 0 Å². The molecule has 4 N–H and O–H groups in total. The van der Waals surface area contributed by atoms with Crippen molar-refractivity contribution in [3.8, 4) is 0 Å². The van der Waals surface area contributed by atoms with Gasteiger partial charge in [0.15, 0.2) is 0 Å². The van der Waals surface area contributed by atoms with Crippen LogP contribution in [0.5, 0.6) is 0 Å². The summed E-state index contributed by atoms with van der Waals surface area (Å²) in [5, 5.41) is 12.2. The maximum atomic E-state index is 8.62. The minimum absolute atomic E-state index is 0.341. The van der Waals surface area contributed by atoms with E-state index in [9.17, 15) is 0 Å². The van der Waals surface area contributed by atoms with Crippen LogP contribution in [0.15, 0.2) is 0 Å². The molecule has 1 fully saturated rings. The number of aliphatic hydroxyl groups excluding tert-OH is 1. The number of unbranched alkanes of at least 4 members (excludes halogenated alkanes) is 3. The third-order valence-corrected chi connectivity index (χ3v) is 3.29. The van der Waals surface area contributed by atoms with Crippen LogP contribution in [0.1, 0.15) is 51.4 Å². The Kier molecular flexibility index (Phi) is 6.98. The SMILES string of the molecule is NC1CCC(NCCCCCCO)CC1. The monoisotopic (exact) mass is 214 g/mol. The third-order valence-electron chi connectivity index (χ3n) is 3.29. The van der Waals surface area contributed by atoms with Crippen LogP contribution >= 0.6 is 0 Å². The molecule has 0 saturated heterocycles. The molecule has 0 bridgehead atoms. The Labute approximate surface area is 93.4 Å². The predicted octanol–water partition coefficient (Wildman–Crippen LogP) is 1.40. The summed E-state index contributed by atoms with van der Waals surface area (Å²) in [7, 11) is 0. The van der Waals surface area contributed by atoms with E-state index in [2.05, 4.69) is 5.32 Å². The van der Waals surface area contributed by atoms with Crippen LogP contribution in [-0.4, -0.2) is 30.3 Å². The van der Waals surface area contributed by atoms with Gasteiger partial charge in [-0.2, -0.15) is 0 Å². The van der Waals surface area contributed by atoms with Crippen LogP contribution in [0.25, 0.3) is 0 Å². The highest BCUT2D eigenvalue weighted by atomic mass is 16.2. The zero-order chi connectivity index (χ0) is 10.9. The van der Waals surface area contributed by atoms with Crippen molar-refractivity contribution in [1.29, 1.82) is 0 Å². The smallest absolute Gasteiger partial charge is 0.0431 e. The van der Waals surface area contributed by atoms with Gasteiger partial charge in [0.1, 0.15) is 0 Å². The summed E-state index contributed by atoms with van der Waals surface area (Å²) in [4.78, 5) is 0. The van der Waals surface area contributed by atoms with Crippen LogP contribution in [0.4, 0.5) is 0 Å². The number of nitrogens with one attached hydrogen (secondary N) is 1. The van der Waals surface area contributed by atoms with Crippen LogP contribution in [0, 0.1) is 0 Å². The highest BCUT2D eigenvalue weighted by Crippen LogP contribution is 2.16. The van der Waals surface area contributed by atoms with Crippen LogP contribution in [-0.2, 0) is 0 Å². The molecular weight excluding hydrogens is 188 g/mol. The summed E-state index contributed by atoms with van der Waals surface area (Å²) in [6.07, 6.45) is 9.45. The average molecular weight is 214 g/mol. The summed E-state index contributed by atoms with van der Waals surface area (Å²) < 4.78 is 0. The molecule has 3 nitrogen and oxygen atoms in total. The number of hydrogen-bond acceptors (Lipinski definition) is 3. The Morgan fingerprint density at radius 3 is 2.33 bits per heavy atom. The zero-order valence-corrected chi connectivity index (χ0v) is 9.75. The van der Waals surface area contributed by atoms with Gasteiger partial charge < -0.3 is 16.2 Å². The highest BCUT2D eigenvalue weighted by molar-refractivity contribution is 4.78. The fraction of sp³-hybridized carbons (Fsp3) is 1.00. The normalized spacial score (nSPS) is 26.8. The minimum atomic E-state index is 0.341. The molecular formula is C12H26N2O. The molecule has 0 spiro atoms. The standard InChI is InChI=1S/C12H26N2O/c13-11-5-7-12(8-6-11)14-9-3-1-2-4-10-15/h11-12,14-15H,1-10,13H2. The molecule has 0 atom stereocenters. The molecule has 0 aromatic rings. The van der Waals surface area contributed by atoms with Crippen molar-refractivity contribution in [3.05, 3.63) is 0 Å². The molecule has 0 aliphatic heterocycles. The Balaban J connectivity index is 1.87. The molecule has 1 aliphatic carbocycles. The van der Waals surface area contributed by atoms with Gasteiger partial charge in [-0.05, 0) is 45.1 Å². The van der Waals surface area contributed by atoms with E-state index in [1.807, 2.05) is 0 Å². The molecule has 0 aromatic carbocycles. The molecule has 0 aromatic heterocycles. The lowest BCUT2D eigenvalue weighted by Gasteiger charge is -2.26. The average Bonchev–Trinajstić information content (AvgIpc) is 2.26. The molecule has 1 aliphatic rings. The molecule has 3 heteroatoms. The van der Waals surface area contributed by atoms with Crippen molar-refractivity contribution in [2.75, 3.05) is 13.2 Å². The van der Waals surface area contributed by atoms with E-state index >= 15 is 0 Å². The van der Waals surface area contributed by atoms with Gasteiger partial charge in [0.2, 0.25) is 0 Å². The molecule has 1 rings (SSSR count). The lowest BCUT2D eigenvalue weighted by atomic mass is 9.92. The molecule has 15 heavy (non-hydrogen) atoms. The third kappa shape index (κ3) is 6.13. The first-order valence-corrected chi connectivity index (χ1v) is 6.42. The quantitative estimate of drug-likeness (QED) is 0.561. The zero-order valence-electron chi connectivity index (χ0n) is 9.75. The molecule has 90 valence electrons. The predicted molar refractivity (Wildman–Crippen MR) is 63.8 cm³/mol. The van der Waals surface area contributed by atoms with Gasteiger partial charge in [-0.3, -0.25) is 0 Å². The second-order valence-electron chi connectivity index (χ2n) is 4.70. The van der Waals surface area contributed by atoms with Gasteiger partial charge in [0, 0.05) is 18.7 Å². The second-order valence-corrected chi connectivity index (χ2v) is 4.70. The summed E-state index contributed by atoms with van der Waals surface area (Å²) in [5.41, 5.74) is 5.86. The van der Waals surface area contributed by atoms with Crippen LogP contribution in [0.2, 0.25) is 0 Å². The van der Waals surface area contributed by atoms with Gasteiger partial charge in [-0.25, -0.2) is 0 Å². The Hall–Kier alpha value is -0.120. The molecule has 0 amide bonds. The number of nitrogens with two attached hydrogens (primary N) is 1. The van der Waals surface area contributed by atoms with Crippen molar-refractivity contribution < 1.29 is 5.11 Å². The maximum absolute atomic E-state index is 8.62. The van der Waals surface area contributed by atoms with E-state index in [-0.39, 0.29) is 0 Å². The van der Waals surface area contributed by atoms with E-state index < -0.39 is 0 Å². The molecule has 0 unspecified atom stereocenters. The van der Waals surface area contributed by atoms with Gasteiger partial charge in [-0.15, -0.1) is 0 Å². The van der Waals surface area contributed by atoms with Gasteiger partial charge >= 0.3 is 0 Å². The number of hydrogen-bond donors (Lipinski definition) is 3. The van der Waals surface area contributed by atoms with Crippen LogP contribution in [0.3, 0.4) is 0 Å². The van der Waals surface area contributed by atoms with Crippen molar-refractivity contribution in [1.82, 2.24) is 5.32 Å². The Bertz CT molecular complexity index is 145. The van der Waals surface area contributed by atoms with Gasteiger partial charge in [0.05, 0.1) is 0 Å². The fourth-order valence-electron chi connectivity index (χ4n) is 2.22. The first-order valence-electron chi connectivity index (χ1n) is 6.42. The van der Waals surface area contributed by atoms with E-state index in [0.717, 1.165) is 19.4 Å². The minimum Gasteiger partial charge on any atom is -0.396 e. The lowest BCUT2D eigenvalue weighted by molar-refractivity contribution is 0.281. The summed E-state index contributed by atoms with van der Waals surface area (Å²) in [6, 6.07) is 1.16. The van der Waals surface area contributed by atoms with Crippen molar-refractivity contribution >= 4 is 0 Å². The summed E-state index contributed by atoms with van der Waals surface area (Å²) in [6.45, 7) is 1.47. The van der Waals surface area contributed by atoms with Crippen molar-refractivity contribution in [3.63, 3.8) is 0 Å². The van der Waals surface area contributed by atoms with Crippen molar-refractivity contribution in [2.45, 2.75) is 63.5 Å². The molecule has 1 saturated carbocycles. The summed E-state index contributed by atoms with van der Waals surface area (Å²) >= 11 is 0. The fourth-order valence-corrected chi connectivity index (χ4v) is 2.22. The number of rotatable bonds is 7. The van der Waals surface area contributed by atoms with E-state index in [4.69, 9.17) is 10.8 Å². The van der Waals surface area contributed by atoms with E-state index in [0.29, 0.717) is 18.7 Å². The molecule has 0 radical (unpaired) electrons. The first-order chi connectivity index (χ1) is 7.33. The Morgan fingerprint density at radius 1 is 1.00 bits per heavy atom. The van der Waals surface area contributed by atoms with Crippen LogP contribution < -0.4 is 11.1 Å². The summed E-state index contributed by atoms with van der Waals surface area (Å²) in [5.74, 6) is 0. The Morgan fingerprint density at radius 2 is 1.67 bits per heavy atom. The van der Waals surface area contributed by atoms with Gasteiger partial charge in [0.25, 0.3) is 0 Å².